The molecule has 0 aromatic heterocycles. The van der Waals surface area contributed by atoms with Crippen LogP contribution in [0.2, 0.25) is 10.9 Å². The van der Waals surface area contributed by atoms with Gasteiger partial charge in [0.05, 0.1) is 12.3 Å². The van der Waals surface area contributed by atoms with Crippen LogP contribution in [0, 0.1) is 11.3 Å². The standard InChI is InChI=1S/C13H19NOS.C11H14N2O3.C4H10As.C2H4/c1-3-15-12-4-6-13(7-5-12)16-14-9-8-11(2)10-14;1-11(16-2,10(14)15)9(13)7-5-3-4-6-8(7)12;1-3-4-5-2;1-2/h4-7,11H,3,8-10H2,1-2H3;3-6,13H,12H2,1-2H3,(H,14,15);3-4H2,1-2H3;1-2H2/t11-;;;/m0.../s1. The summed E-state index contributed by atoms with van der Waals surface area (Å²) in [6.45, 7) is 17.0. The molecule has 1 radical (unpaired) electrons. The number of ether oxygens (including phenoxy) is 2. The molecule has 3 rings (SSSR count). The first-order chi connectivity index (χ1) is 18.6. The minimum atomic E-state index is -1.69. The molecule has 217 valence electrons. The van der Waals surface area contributed by atoms with Gasteiger partial charge in [0.1, 0.15) is 5.75 Å². The van der Waals surface area contributed by atoms with Crippen LogP contribution < -0.4 is 10.5 Å². The Bertz CT molecular complexity index is 975. The number of benzene rings is 2. The van der Waals surface area contributed by atoms with Crippen LogP contribution in [-0.2, 0) is 9.53 Å². The smallest absolute Gasteiger partial charge is 0.341 e. The average Bonchev–Trinajstić information content (AvgIpc) is 3.35. The Hall–Kier alpha value is -2.25. The van der Waals surface area contributed by atoms with Gasteiger partial charge >= 0.3 is 46.0 Å². The second kappa shape index (κ2) is 20.6. The number of nitrogens with zero attached hydrogens (tertiary/aromatic N) is 1. The minimum absolute atomic E-state index is 0.166. The number of rotatable bonds is 10. The van der Waals surface area contributed by atoms with Gasteiger partial charge < -0.3 is 25.7 Å². The van der Waals surface area contributed by atoms with E-state index in [1.54, 1.807) is 24.3 Å². The molecule has 1 heterocycles. The van der Waals surface area contributed by atoms with Gasteiger partial charge in [-0.3, -0.25) is 0 Å². The van der Waals surface area contributed by atoms with E-state index in [0.717, 1.165) is 18.3 Å². The zero-order valence-electron chi connectivity index (χ0n) is 24.4. The van der Waals surface area contributed by atoms with Crippen LogP contribution >= 0.6 is 11.9 Å². The molecule has 2 atom stereocenters. The Balaban J connectivity index is 0.000000600. The quantitative estimate of drug-likeness (QED) is 0.0869. The van der Waals surface area contributed by atoms with Gasteiger partial charge in [-0.2, -0.15) is 0 Å². The maximum atomic E-state index is 11.1. The summed E-state index contributed by atoms with van der Waals surface area (Å²) in [6, 6.07) is 15.0. The Morgan fingerprint density at radius 2 is 1.85 bits per heavy atom. The fourth-order valence-electron chi connectivity index (χ4n) is 3.39. The molecule has 1 fully saturated rings. The normalized spacial score (nSPS) is 16.0. The second-order valence-corrected chi connectivity index (χ2v) is 12.3. The second-order valence-electron chi connectivity index (χ2n) is 8.82. The molecule has 1 saturated heterocycles. The number of hydrogen-bond donors (Lipinski definition) is 3. The van der Waals surface area contributed by atoms with Crippen LogP contribution in [0.1, 0.15) is 46.1 Å². The number of aliphatic carboxylic acids is 1. The Labute approximate surface area is 246 Å². The summed E-state index contributed by atoms with van der Waals surface area (Å²) in [4.78, 5) is 12.4. The zero-order valence-corrected chi connectivity index (χ0v) is 27.1. The van der Waals surface area contributed by atoms with Crippen LogP contribution in [0.25, 0.3) is 0 Å². The average molecular weight is 621 g/mol. The summed E-state index contributed by atoms with van der Waals surface area (Å²) in [5.74, 6) is 0.583. The summed E-state index contributed by atoms with van der Waals surface area (Å²) < 4.78 is 12.8. The number of nitrogen functional groups attached to an aromatic ring is 1. The topological polar surface area (TPSA) is 109 Å². The van der Waals surface area contributed by atoms with E-state index in [-0.39, 0.29) is 5.71 Å². The number of carboxylic acids is 1. The van der Waals surface area contributed by atoms with Crippen LogP contribution in [-0.4, -0.2) is 69.3 Å². The van der Waals surface area contributed by atoms with Gasteiger partial charge in [0.2, 0.25) is 5.60 Å². The Kier molecular flexibility index (Phi) is 19.4. The van der Waals surface area contributed by atoms with Crippen molar-refractivity contribution in [3.63, 3.8) is 0 Å². The molecule has 9 heteroatoms. The molecule has 4 N–H and O–H groups in total. The molecule has 0 bridgehead atoms. The minimum Gasteiger partial charge on any atom is -0.494 e. The van der Waals surface area contributed by atoms with E-state index < -0.39 is 11.6 Å². The number of nitrogens with two attached hydrogens (primary N) is 1. The third-order valence-corrected chi connectivity index (χ3v) is 8.68. The number of nitrogens with one attached hydrogen (secondary N) is 1. The molecule has 2 aromatic carbocycles. The maximum absolute atomic E-state index is 11.1. The van der Waals surface area contributed by atoms with Gasteiger partial charge in [-0.05, 0) is 68.5 Å². The predicted octanol–water partition coefficient (Wildman–Crippen LogP) is 6.93. The van der Waals surface area contributed by atoms with Gasteiger partial charge in [0.15, 0.2) is 0 Å². The number of hydrogen-bond acceptors (Lipinski definition) is 7. The monoisotopic (exact) mass is 620 g/mol. The number of para-hydroxylation sites is 1. The molecule has 1 unspecified atom stereocenters. The third kappa shape index (κ3) is 13.1. The zero-order chi connectivity index (χ0) is 29.8. The van der Waals surface area contributed by atoms with Gasteiger partial charge in [-0.25, -0.2) is 9.10 Å². The first kappa shape index (κ1) is 36.7. The molecule has 0 saturated carbocycles. The summed E-state index contributed by atoms with van der Waals surface area (Å²) in [5.41, 5.74) is 6.87. The van der Waals surface area contributed by atoms with Crippen molar-refractivity contribution in [1.82, 2.24) is 4.31 Å². The van der Waals surface area contributed by atoms with Crippen molar-refractivity contribution < 1.29 is 19.4 Å². The van der Waals surface area contributed by atoms with E-state index in [1.807, 2.05) is 31.0 Å². The van der Waals surface area contributed by atoms with Crippen LogP contribution in [0.5, 0.6) is 5.75 Å². The van der Waals surface area contributed by atoms with Gasteiger partial charge in [0, 0.05) is 36.3 Å². The van der Waals surface area contributed by atoms with Crippen LogP contribution in [0.3, 0.4) is 0 Å². The molecule has 0 amide bonds. The molecule has 7 nitrogen and oxygen atoms in total. The van der Waals surface area contributed by atoms with E-state index in [4.69, 9.17) is 25.7 Å². The van der Waals surface area contributed by atoms with E-state index >= 15 is 0 Å². The Morgan fingerprint density at radius 1 is 1.23 bits per heavy atom. The van der Waals surface area contributed by atoms with Crippen molar-refractivity contribution in [3.8, 4) is 5.75 Å². The first-order valence-corrected chi connectivity index (χ1v) is 17.0. The number of carbonyl (C=O) groups is 1. The fourth-order valence-corrected chi connectivity index (χ4v) is 5.41. The molecule has 2 aromatic rings. The van der Waals surface area contributed by atoms with Crippen molar-refractivity contribution in [2.75, 3.05) is 32.5 Å². The van der Waals surface area contributed by atoms with Crippen LogP contribution in [0.15, 0.2) is 66.6 Å². The predicted molar refractivity (Wildman–Crippen MR) is 168 cm³/mol. The van der Waals surface area contributed by atoms with Gasteiger partial charge in [-0.15, -0.1) is 13.2 Å². The van der Waals surface area contributed by atoms with E-state index in [9.17, 15) is 4.79 Å². The molecule has 0 spiro atoms. The van der Waals surface area contributed by atoms with Crippen molar-refractivity contribution >= 4 is 45.1 Å². The number of carboxylic acid groups (broad SMARTS) is 1. The summed E-state index contributed by atoms with van der Waals surface area (Å²) in [7, 11) is 1.25. The maximum Gasteiger partial charge on any atom is 0.341 e. The number of methoxy groups -OCH3 is 1. The SMILES string of the molecule is C=C.CCC[As]C.CCOc1ccc(SN2CC[C@H](C)C2)cc1.COC(C)(C(=N)c1ccccc1N)C(=O)O. The fraction of sp³-hybridized carbons (Fsp3) is 0.467. The molecule has 1 aliphatic rings. The van der Waals surface area contributed by atoms with Crippen molar-refractivity contribution in [2.45, 2.75) is 62.0 Å². The molecule has 39 heavy (non-hydrogen) atoms. The summed E-state index contributed by atoms with van der Waals surface area (Å²) >= 11 is 2.58. The summed E-state index contributed by atoms with van der Waals surface area (Å²) in [5, 5.41) is 18.4. The molecular weight excluding hydrogens is 573 g/mol. The molecule has 1 aliphatic heterocycles. The number of anilines is 1. The van der Waals surface area contributed by atoms with E-state index in [0.29, 0.717) is 27.0 Å². The third-order valence-electron chi connectivity index (χ3n) is 5.73. The van der Waals surface area contributed by atoms with E-state index in [2.05, 4.69) is 49.2 Å². The molecular formula is C30H47AsN3O4S. The van der Waals surface area contributed by atoms with Crippen LogP contribution in [0.4, 0.5) is 5.69 Å². The van der Waals surface area contributed by atoms with Gasteiger partial charge in [0.25, 0.3) is 0 Å². The molecule has 0 aliphatic carbocycles. The van der Waals surface area contributed by atoms with Crippen molar-refractivity contribution in [2.24, 2.45) is 5.92 Å². The Morgan fingerprint density at radius 3 is 2.26 bits per heavy atom. The van der Waals surface area contributed by atoms with Crippen molar-refractivity contribution in [3.05, 3.63) is 67.3 Å². The van der Waals surface area contributed by atoms with Crippen molar-refractivity contribution in [1.29, 1.82) is 5.41 Å². The van der Waals surface area contributed by atoms with E-state index in [1.165, 1.54) is 50.1 Å². The van der Waals surface area contributed by atoms with Gasteiger partial charge in [-0.1, -0.05) is 25.1 Å². The summed E-state index contributed by atoms with van der Waals surface area (Å²) in [6.07, 6.45) is 2.71. The largest absolute Gasteiger partial charge is 0.494 e. The first-order valence-electron chi connectivity index (χ1n) is 13.1.